The second-order valence-electron chi connectivity index (χ2n) is 12.3. The first-order chi connectivity index (χ1) is 18.5. The van der Waals surface area contributed by atoms with Crippen molar-refractivity contribution in [1.29, 1.82) is 0 Å². The van der Waals surface area contributed by atoms with Crippen molar-refractivity contribution in [1.82, 2.24) is 0 Å². The van der Waals surface area contributed by atoms with Gasteiger partial charge in [-0.25, -0.2) is 9.59 Å². The molecule has 0 radical (unpaired) electrons. The molecule has 2 saturated carbocycles. The molecule has 9 unspecified atom stereocenters. The molecule has 40 heavy (non-hydrogen) atoms. The summed E-state index contributed by atoms with van der Waals surface area (Å²) in [5.74, 6) is -4.30. The van der Waals surface area contributed by atoms with Crippen LogP contribution in [0.15, 0.2) is 41.5 Å². The van der Waals surface area contributed by atoms with Crippen molar-refractivity contribution in [2.45, 2.75) is 88.7 Å². The predicted molar refractivity (Wildman–Crippen MR) is 136 cm³/mol. The van der Waals surface area contributed by atoms with E-state index >= 15 is 0 Å². The van der Waals surface area contributed by atoms with E-state index in [0.717, 1.165) is 6.92 Å². The molecule has 5 rings (SSSR count). The van der Waals surface area contributed by atoms with E-state index in [0.29, 0.717) is 0 Å². The number of carbonyl (C=O) groups is 3. The Labute approximate surface area is 231 Å². The van der Waals surface area contributed by atoms with Crippen LogP contribution < -0.4 is 0 Å². The maximum absolute atomic E-state index is 13.8. The van der Waals surface area contributed by atoms with Gasteiger partial charge in [-0.05, 0) is 50.5 Å². The van der Waals surface area contributed by atoms with Gasteiger partial charge in [-0.2, -0.15) is 0 Å². The Balaban J connectivity index is 1.85. The minimum absolute atomic E-state index is 0.0589. The molecule has 1 aromatic rings. The van der Waals surface area contributed by atoms with E-state index in [2.05, 4.69) is 0 Å². The number of esters is 3. The predicted octanol–water partition coefficient (Wildman–Crippen LogP) is 0.402. The molecular formula is C29H36O11. The van der Waals surface area contributed by atoms with Crippen molar-refractivity contribution >= 4 is 17.9 Å². The van der Waals surface area contributed by atoms with Crippen molar-refractivity contribution < 1.29 is 54.1 Å². The molecule has 1 aliphatic heterocycles. The third-order valence-corrected chi connectivity index (χ3v) is 10.2. The summed E-state index contributed by atoms with van der Waals surface area (Å²) in [5, 5.41) is 58.3. The lowest BCUT2D eigenvalue weighted by molar-refractivity contribution is -0.341. The summed E-state index contributed by atoms with van der Waals surface area (Å²) in [4.78, 5) is 39.5. The Bertz CT molecular complexity index is 1290. The molecule has 3 fully saturated rings. The van der Waals surface area contributed by atoms with E-state index in [9.17, 15) is 39.9 Å². The Morgan fingerprint density at radius 3 is 2.27 bits per heavy atom. The monoisotopic (exact) mass is 560 g/mol. The lowest BCUT2D eigenvalue weighted by Gasteiger charge is -2.71. The van der Waals surface area contributed by atoms with Crippen LogP contribution >= 0.6 is 0 Å². The highest BCUT2D eigenvalue weighted by atomic mass is 16.6. The summed E-state index contributed by atoms with van der Waals surface area (Å²) < 4.78 is 17.4. The highest BCUT2D eigenvalue weighted by Crippen LogP contribution is 2.74. The minimum Gasteiger partial charge on any atom is -0.459 e. The maximum Gasteiger partial charge on any atom is 0.343 e. The number of carbonyl (C=O) groups excluding carboxylic acids is 3. The van der Waals surface area contributed by atoms with E-state index in [1.165, 1.54) is 19.1 Å². The first-order valence-electron chi connectivity index (χ1n) is 13.3. The number of ether oxygens (including phenoxy) is 3. The highest BCUT2D eigenvalue weighted by molar-refractivity contribution is 5.91. The SMILES string of the molecule is CC(=O)OC1CC(O)C2(C)C(C(OC(=O)c3ccccc3)C34CC(O)C(C)=C3C2(O)C(=O)OC4(C)C)C1(O)CO. The molecule has 11 heteroatoms. The van der Waals surface area contributed by atoms with Crippen molar-refractivity contribution in [3.8, 4) is 0 Å². The first kappa shape index (κ1) is 28.7. The number of aliphatic hydroxyl groups excluding tert-OH is 3. The van der Waals surface area contributed by atoms with Gasteiger partial charge in [-0.3, -0.25) is 4.79 Å². The number of fused-ring (bicyclic) bond motifs is 2. The van der Waals surface area contributed by atoms with Gasteiger partial charge in [-0.1, -0.05) is 25.1 Å². The van der Waals surface area contributed by atoms with Gasteiger partial charge < -0.3 is 39.7 Å². The molecule has 1 aromatic carbocycles. The number of hydrogen-bond donors (Lipinski definition) is 5. The van der Waals surface area contributed by atoms with E-state index in [4.69, 9.17) is 14.2 Å². The van der Waals surface area contributed by atoms with Gasteiger partial charge in [0.25, 0.3) is 0 Å². The molecule has 218 valence electrons. The largest absolute Gasteiger partial charge is 0.459 e. The Morgan fingerprint density at radius 2 is 1.70 bits per heavy atom. The molecular weight excluding hydrogens is 524 g/mol. The fraction of sp³-hybridized carbons (Fsp3) is 0.621. The summed E-state index contributed by atoms with van der Waals surface area (Å²) in [6.07, 6.45) is -6.41. The normalized spacial score (nSPS) is 43.4. The first-order valence-corrected chi connectivity index (χ1v) is 13.3. The van der Waals surface area contributed by atoms with Gasteiger partial charge in [0.1, 0.15) is 23.4 Å². The van der Waals surface area contributed by atoms with Crippen LogP contribution in [-0.4, -0.2) is 91.3 Å². The van der Waals surface area contributed by atoms with Crippen molar-refractivity contribution in [3.05, 3.63) is 47.0 Å². The van der Waals surface area contributed by atoms with Crippen LogP contribution in [0.3, 0.4) is 0 Å². The van der Waals surface area contributed by atoms with E-state index in [1.54, 1.807) is 39.0 Å². The smallest absolute Gasteiger partial charge is 0.343 e. The van der Waals surface area contributed by atoms with Gasteiger partial charge in [0.15, 0.2) is 5.60 Å². The molecule has 1 heterocycles. The third kappa shape index (κ3) is 3.26. The number of benzene rings is 1. The van der Waals surface area contributed by atoms with Crippen LogP contribution in [-0.2, 0) is 23.8 Å². The van der Waals surface area contributed by atoms with Crippen LogP contribution in [0, 0.1) is 16.7 Å². The zero-order chi connectivity index (χ0) is 29.6. The molecule has 9 atom stereocenters. The zero-order valence-corrected chi connectivity index (χ0v) is 23.1. The van der Waals surface area contributed by atoms with Gasteiger partial charge in [0.05, 0.1) is 29.8 Å². The maximum atomic E-state index is 13.8. The third-order valence-electron chi connectivity index (χ3n) is 10.2. The van der Waals surface area contributed by atoms with Crippen LogP contribution in [0.1, 0.15) is 57.8 Å². The molecule has 0 amide bonds. The number of cyclic esters (lactones) is 1. The second kappa shape index (κ2) is 8.83. The van der Waals surface area contributed by atoms with Crippen molar-refractivity contribution in [2.75, 3.05) is 6.61 Å². The highest BCUT2D eigenvalue weighted by Gasteiger charge is 2.86. The molecule has 11 nitrogen and oxygen atoms in total. The number of hydrogen-bond acceptors (Lipinski definition) is 11. The molecule has 2 bridgehead atoms. The van der Waals surface area contributed by atoms with Gasteiger partial charge in [0.2, 0.25) is 0 Å². The standard InChI is InChI=1S/C29H36O11/c1-14-17(32)12-27-20(14)29(37,24(35)40-25(27,3)4)26(5)18(33)11-19(38-15(2)31)28(36,13-30)21(26)22(27)39-23(34)16-9-7-6-8-10-16/h6-10,17-19,21-22,30,32-33,36-37H,11-13H2,1-5H3. The molecule has 0 aromatic heterocycles. The second-order valence-corrected chi connectivity index (χ2v) is 12.3. The molecule has 4 aliphatic rings. The summed E-state index contributed by atoms with van der Waals surface area (Å²) in [6.45, 7) is 6.09. The Hall–Kier alpha value is -2.83. The Morgan fingerprint density at radius 1 is 1.07 bits per heavy atom. The van der Waals surface area contributed by atoms with E-state index < -0.39 is 88.9 Å². The number of rotatable bonds is 4. The summed E-state index contributed by atoms with van der Waals surface area (Å²) >= 11 is 0. The summed E-state index contributed by atoms with van der Waals surface area (Å²) in [7, 11) is 0. The van der Waals surface area contributed by atoms with Crippen LogP contribution in [0.4, 0.5) is 0 Å². The zero-order valence-electron chi connectivity index (χ0n) is 23.1. The van der Waals surface area contributed by atoms with Crippen LogP contribution in [0.25, 0.3) is 0 Å². The number of aliphatic hydroxyl groups is 5. The molecule has 1 saturated heterocycles. The topological polar surface area (TPSA) is 180 Å². The average Bonchev–Trinajstić information content (AvgIpc) is 3.17. The van der Waals surface area contributed by atoms with Gasteiger partial charge >= 0.3 is 17.9 Å². The fourth-order valence-corrected chi connectivity index (χ4v) is 8.21. The lowest BCUT2D eigenvalue weighted by Crippen LogP contribution is -2.85. The minimum atomic E-state index is -2.60. The Kier molecular flexibility index (Phi) is 6.34. The lowest BCUT2D eigenvalue weighted by atomic mass is 9.38. The van der Waals surface area contributed by atoms with Crippen LogP contribution in [0.5, 0.6) is 0 Å². The van der Waals surface area contributed by atoms with Crippen LogP contribution in [0.2, 0.25) is 0 Å². The molecule has 5 N–H and O–H groups in total. The van der Waals surface area contributed by atoms with E-state index in [-0.39, 0.29) is 23.1 Å². The average molecular weight is 561 g/mol. The summed E-state index contributed by atoms with van der Waals surface area (Å²) in [6, 6.07) is 8.01. The van der Waals surface area contributed by atoms with Gasteiger partial charge in [-0.15, -0.1) is 0 Å². The fourth-order valence-electron chi connectivity index (χ4n) is 8.21. The van der Waals surface area contributed by atoms with Crippen molar-refractivity contribution in [3.63, 3.8) is 0 Å². The van der Waals surface area contributed by atoms with Gasteiger partial charge in [0, 0.05) is 24.7 Å². The van der Waals surface area contributed by atoms with Crippen molar-refractivity contribution in [2.24, 2.45) is 16.7 Å². The molecule has 0 spiro atoms. The quantitative estimate of drug-likeness (QED) is 0.195. The summed E-state index contributed by atoms with van der Waals surface area (Å²) in [5.41, 5.74) is -9.68. The molecule has 3 aliphatic carbocycles. The van der Waals surface area contributed by atoms with E-state index in [1.807, 2.05) is 0 Å².